The van der Waals surface area contributed by atoms with E-state index in [0.717, 1.165) is 5.56 Å². The second-order valence-electron chi connectivity index (χ2n) is 8.43. The lowest BCUT2D eigenvalue weighted by atomic mass is 9.92. The van der Waals surface area contributed by atoms with Crippen molar-refractivity contribution < 1.29 is 28.2 Å². The van der Waals surface area contributed by atoms with Crippen LogP contribution in [0, 0.1) is 32.4 Å². The standard InChI is InChI=1S/C23H27F2NO4/c1-12-7-13(2)20(17(24)8-12)15-9-14(3)21(25)16(10-15)18(11-19(27)28)26-22(29)30-23(4,5)6/h7-10,18H,11H2,1-6H3,(H,26,29)(H,27,28). The van der Waals surface area contributed by atoms with E-state index >= 15 is 0 Å². The van der Waals surface area contributed by atoms with Crippen molar-refractivity contribution >= 4 is 12.1 Å². The molecule has 1 unspecified atom stereocenters. The predicted molar refractivity (Wildman–Crippen MR) is 110 cm³/mol. The van der Waals surface area contributed by atoms with E-state index in [4.69, 9.17) is 4.74 Å². The third-order valence-corrected chi connectivity index (χ3v) is 4.45. The number of aryl methyl sites for hydroxylation is 3. The Bertz CT molecular complexity index is 957. The first-order valence-electron chi connectivity index (χ1n) is 9.57. The van der Waals surface area contributed by atoms with Crippen molar-refractivity contribution in [2.24, 2.45) is 0 Å². The van der Waals surface area contributed by atoms with E-state index in [0.29, 0.717) is 16.7 Å². The Hall–Kier alpha value is -2.96. The molecule has 0 aromatic heterocycles. The number of aliphatic carboxylic acids is 1. The zero-order valence-corrected chi connectivity index (χ0v) is 18.0. The Morgan fingerprint density at radius 1 is 1.07 bits per heavy atom. The smallest absolute Gasteiger partial charge is 0.408 e. The van der Waals surface area contributed by atoms with Crippen LogP contribution < -0.4 is 5.32 Å². The SMILES string of the molecule is Cc1cc(C)c(-c2cc(C)c(F)c(C(CC(=O)O)NC(=O)OC(C)(C)C)c2)c(F)c1. The first-order chi connectivity index (χ1) is 13.8. The van der Waals surface area contributed by atoms with Crippen LogP contribution in [0.5, 0.6) is 0 Å². The van der Waals surface area contributed by atoms with E-state index in [2.05, 4.69) is 5.32 Å². The molecule has 0 heterocycles. The fraction of sp³-hybridized carbons (Fsp3) is 0.391. The maximum absolute atomic E-state index is 15.0. The van der Waals surface area contributed by atoms with Crippen LogP contribution in [-0.2, 0) is 9.53 Å². The van der Waals surface area contributed by atoms with Crippen molar-refractivity contribution in [3.05, 3.63) is 58.2 Å². The molecule has 1 atom stereocenters. The van der Waals surface area contributed by atoms with Gasteiger partial charge < -0.3 is 15.2 Å². The maximum atomic E-state index is 15.0. The summed E-state index contributed by atoms with van der Waals surface area (Å²) in [6.07, 6.45) is -1.43. The number of alkyl carbamates (subject to hydrolysis) is 1. The molecule has 30 heavy (non-hydrogen) atoms. The molecule has 0 radical (unpaired) electrons. The van der Waals surface area contributed by atoms with Gasteiger partial charge in [0.1, 0.15) is 17.2 Å². The fourth-order valence-corrected chi connectivity index (χ4v) is 3.34. The molecule has 162 valence electrons. The number of carboxylic acid groups (broad SMARTS) is 1. The van der Waals surface area contributed by atoms with Crippen LogP contribution in [0.2, 0.25) is 0 Å². The van der Waals surface area contributed by atoms with Gasteiger partial charge in [-0.2, -0.15) is 0 Å². The molecule has 0 aliphatic rings. The maximum Gasteiger partial charge on any atom is 0.408 e. The molecule has 0 spiro atoms. The van der Waals surface area contributed by atoms with Crippen molar-refractivity contribution in [2.75, 3.05) is 0 Å². The van der Waals surface area contributed by atoms with Gasteiger partial charge in [0.2, 0.25) is 0 Å². The Kier molecular flexibility index (Phi) is 6.85. The second-order valence-corrected chi connectivity index (χ2v) is 8.43. The van der Waals surface area contributed by atoms with Crippen LogP contribution in [0.4, 0.5) is 13.6 Å². The van der Waals surface area contributed by atoms with Crippen LogP contribution in [0.1, 0.15) is 55.5 Å². The number of carbonyl (C=O) groups excluding carboxylic acids is 1. The number of carboxylic acids is 1. The van der Waals surface area contributed by atoms with Crippen molar-refractivity contribution in [3.8, 4) is 11.1 Å². The minimum absolute atomic E-state index is 0.0439. The van der Waals surface area contributed by atoms with E-state index < -0.39 is 41.8 Å². The van der Waals surface area contributed by atoms with Gasteiger partial charge in [0.05, 0.1) is 12.5 Å². The van der Waals surface area contributed by atoms with Crippen LogP contribution in [0.3, 0.4) is 0 Å². The number of ether oxygens (including phenoxy) is 1. The van der Waals surface area contributed by atoms with Gasteiger partial charge in [-0.3, -0.25) is 4.79 Å². The Morgan fingerprint density at radius 2 is 1.70 bits per heavy atom. The van der Waals surface area contributed by atoms with Crippen LogP contribution in [0.25, 0.3) is 11.1 Å². The predicted octanol–water partition coefficient (Wildman–Crippen LogP) is 5.60. The summed E-state index contributed by atoms with van der Waals surface area (Å²) < 4.78 is 34.8. The Morgan fingerprint density at radius 3 is 2.23 bits per heavy atom. The molecule has 2 aromatic rings. The molecule has 0 saturated carbocycles. The minimum atomic E-state index is -1.23. The quantitative estimate of drug-likeness (QED) is 0.662. The molecule has 0 saturated heterocycles. The van der Waals surface area contributed by atoms with E-state index in [1.807, 2.05) is 6.07 Å². The van der Waals surface area contributed by atoms with Gasteiger partial charge in [0.25, 0.3) is 0 Å². The fourth-order valence-electron chi connectivity index (χ4n) is 3.34. The average Bonchev–Trinajstić information content (AvgIpc) is 2.54. The monoisotopic (exact) mass is 419 g/mol. The normalized spacial score (nSPS) is 12.4. The average molecular weight is 419 g/mol. The number of halogens is 2. The summed E-state index contributed by atoms with van der Waals surface area (Å²) in [5.74, 6) is -2.35. The molecule has 2 rings (SSSR count). The number of amides is 1. The summed E-state index contributed by atoms with van der Waals surface area (Å²) >= 11 is 0. The highest BCUT2D eigenvalue weighted by molar-refractivity contribution is 5.74. The lowest BCUT2D eigenvalue weighted by molar-refractivity contribution is -0.137. The Balaban J connectivity index is 2.57. The van der Waals surface area contributed by atoms with Gasteiger partial charge in [0.15, 0.2) is 0 Å². The van der Waals surface area contributed by atoms with Crippen molar-refractivity contribution in [1.29, 1.82) is 0 Å². The van der Waals surface area contributed by atoms with Crippen molar-refractivity contribution in [3.63, 3.8) is 0 Å². The molecule has 0 bridgehead atoms. The lowest BCUT2D eigenvalue weighted by Crippen LogP contribution is -2.36. The van der Waals surface area contributed by atoms with Crippen molar-refractivity contribution in [1.82, 2.24) is 5.32 Å². The second kappa shape index (κ2) is 8.81. The van der Waals surface area contributed by atoms with Crippen LogP contribution in [-0.4, -0.2) is 22.8 Å². The van der Waals surface area contributed by atoms with Gasteiger partial charge in [-0.05, 0) is 82.0 Å². The highest BCUT2D eigenvalue weighted by Gasteiger charge is 2.26. The van der Waals surface area contributed by atoms with Gasteiger partial charge >= 0.3 is 12.1 Å². The zero-order chi connectivity index (χ0) is 22.8. The number of carbonyl (C=O) groups is 2. The van der Waals surface area contributed by atoms with E-state index in [9.17, 15) is 23.5 Å². The third kappa shape index (κ3) is 5.78. The van der Waals surface area contributed by atoms with Gasteiger partial charge in [-0.15, -0.1) is 0 Å². The summed E-state index contributed by atoms with van der Waals surface area (Å²) in [5, 5.41) is 11.7. The van der Waals surface area contributed by atoms with Gasteiger partial charge in [0, 0.05) is 11.1 Å². The molecular weight excluding hydrogens is 392 g/mol. The van der Waals surface area contributed by atoms with Gasteiger partial charge in [-0.25, -0.2) is 13.6 Å². The van der Waals surface area contributed by atoms with Crippen LogP contribution in [0.15, 0.2) is 24.3 Å². The highest BCUT2D eigenvalue weighted by atomic mass is 19.1. The van der Waals surface area contributed by atoms with E-state index in [1.54, 1.807) is 34.6 Å². The summed E-state index contributed by atoms with van der Waals surface area (Å²) in [4.78, 5) is 23.6. The molecule has 7 heteroatoms. The molecule has 0 aliphatic carbocycles. The number of rotatable bonds is 5. The number of hydrogen-bond acceptors (Lipinski definition) is 3. The highest BCUT2D eigenvalue weighted by Crippen LogP contribution is 2.33. The minimum Gasteiger partial charge on any atom is -0.481 e. The zero-order valence-electron chi connectivity index (χ0n) is 18.0. The number of benzene rings is 2. The topological polar surface area (TPSA) is 75.6 Å². The van der Waals surface area contributed by atoms with Crippen LogP contribution >= 0.6 is 0 Å². The molecular formula is C23H27F2NO4. The summed E-state index contributed by atoms with van der Waals surface area (Å²) in [5.41, 5.74) is 1.48. The molecule has 5 nitrogen and oxygen atoms in total. The van der Waals surface area contributed by atoms with E-state index in [1.165, 1.54) is 25.1 Å². The molecule has 2 aromatic carbocycles. The molecule has 1 amide bonds. The number of hydrogen-bond donors (Lipinski definition) is 2. The third-order valence-electron chi connectivity index (χ3n) is 4.45. The Labute approximate surface area is 175 Å². The summed E-state index contributed by atoms with van der Waals surface area (Å²) in [6, 6.07) is 4.89. The van der Waals surface area contributed by atoms with E-state index in [-0.39, 0.29) is 11.1 Å². The molecule has 2 N–H and O–H groups in total. The first-order valence-corrected chi connectivity index (χ1v) is 9.57. The van der Waals surface area contributed by atoms with Gasteiger partial charge in [-0.1, -0.05) is 6.07 Å². The lowest BCUT2D eigenvalue weighted by Gasteiger charge is -2.24. The molecule has 0 fully saturated rings. The summed E-state index contributed by atoms with van der Waals surface area (Å²) in [7, 11) is 0. The molecule has 0 aliphatic heterocycles. The first kappa shape index (κ1) is 23.3. The summed E-state index contributed by atoms with van der Waals surface area (Å²) in [6.45, 7) is 10.0. The number of nitrogens with one attached hydrogen (secondary N) is 1. The largest absolute Gasteiger partial charge is 0.481 e. The van der Waals surface area contributed by atoms with Crippen molar-refractivity contribution in [2.45, 2.75) is 59.6 Å².